The lowest BCUT2D eigenvalue weighted by molar-refractivity contribution is 1.70. The normalized spacial score (nSPS) is 11.4. The zero-order valence-electron chi connectivity index (χ0n) is 13.2. The van der Waals surface area contributed by atoms with Crippen molar-refractivity contribution in [3.05, 3.63) is 48.0 Å². The molecule has 0 amide bonds. The summed E-state index contributed by atoms with van der Waals surface area (Å²) in [5, 5.41) is 3.96. The molecule has 0 aliphatic rings. The van der Waals surface area contributed by atoms with Gasteiger partial charge in [-0.15, -0.1) is 5.54 Å². The molecule has 110 valence electrons. The number of hydrogen-bond acceptors (Lipinski definition) is 2. The molecular weight excluding hydrogens is 284 g/mol. The van der Waals surface area contributed by atoms with E-state index in [2.05, 4.69) is 31.1 Å². The lowest BCUT2D eigenvalue weighted by Gasteiger charge is -2.13. The van der Waals surface area contributed by atoms with Crippen molar-refractivity contribution in [1.29, 1.82) is 0 Å². The summed E-state index contributed by atoms with van der Waals surface area (Å²) in [6.45, 7) is 6.70. The highest BCUT2D eigenvalue weighted by Crippen LogP contribution is 2.37. The van der Waals surface area contributed by atoms with Crippen LogP contribution in [0.5, 0.6) is 0 Å². The van der Waals surface area contributed by atoms with Gasteiger partial charge in [0.2, 0.25) is 0 Å². The maximum Gasteiger partial charge on any atom is 0.129 e. The largest absolute Gasteiger partial charge is 0.398 e. The van der Waals surface area contributed by atoms with Crippen LogP contribution in [0.4, 0.5) is 11.4 Å². The van der Waals surface area contributed by atoms with Gasteiger partial charge in [0, 0.05) is 38.5 Å². The Morgan fingerprint density at radius 2 is 1.36 bits per heavy atom. The fourth-order valence-electron chi connectivity index (χ4n) is 2.66. The van der Waals surface area contributed by atoms with E-state index in [9.17, 15) is 0 Å². The van der Waals surface area contributed by atoms with Crippen LogP contribution in [0.3, 0.4) is 0 Å². The van der Waals surface area contributed by atoms with E-state index in [-0.39, 0.29) is 0 Å². The van der Waals surface area contributed by atoms with Gasteiger partial charge in [-0.2, -0.15) is 0 Å². The molecule has 3 aromatic carbocycles. The standard InChI is InChI=1S/C19H20N2Si/c1-22(2,3)12-11-13-7-6-10-16-17(13)19(21)15-9-5-4-8-14(15)18(16)20/h4-10H,20-21H2,1-3H3. The van der Waals surface area contributed by atoms with Crippen LogP contribution in [0.25, 0.3) is 21.5 Å². The van der Waals surface area contributed by atoms with Gasteiger partial charge in [-0.25, -0.2) is 0 Å². The summed E-state index contributed by atoms with van der Waals surface area (Å²) in [5.74, 6) is 3.34. The number of fused-ring (bicyclic) bond motifs is 2. The summed E-state index contributed by atoms with van der Waals surface area (Å²) >= 11 is 0. The molecule has 0 saturated heterocycles. The van der Waals surface area contributed by atoms with Crippen molar-refractivity contribution in [2.45, 2.75) is 19.6 Å². The molecule has 0 radical (unpaired) electrons. The second kappa shape index (κ2) is 5.08. The average Bonchev–Trinajstić information content (AvgIpc) is 2.49. The van der Waals surface area contributed by atoms with Gasteiger partial charge in [-0.1, -0.05) is 62.0 Å². The van der Waals surface area contributed by atoms with Gasteiger partial charge in [0.05, 0.1) is 0 Å². The van der Waals surface area contributed by atoms with E-state index in [1.807, 2.05) is 42.5 Å². The summed E-state index contributed by atoms with van der Waals surface area (Å²) in [4.78, 5) is 0. The Balaban J connectivity index is 2.44. The minimum absolute atomic E-state index is 0.764. The van der Waals surface area contributed by atoms with Crippen molar-refractivity contribution in [3.63, 3.8) is 0 Å². The average molecular weight is 304 g/mol. The second-order valence-electron chi connectivity index (χ2n) is 6.60. The molecule has 0 aromatic heterocycles. The van der Waals surface area contributed by atoms with Crippen LogP contribution < -0.4 is 11.5 Å². The second-order valence-corrected chi connectivity index (χ2v) is 11.4. The van der Waals surface area contributed by atoms with Crippen LogP contribution >= 0.6 is 0 Å². The molecule has 3 aromatic rings. The summed E-state index contributed by atoms with van der Waals surface area (Å²) in [6.07, 6.45) is 0. The first-order chi connectivity index (χ1) is 10.4. The number of benzene rings is 3. The number of anilines is 2. The zero-order chi connectivity index (χ0) is 15.9. The van der Waals surface area contributed by atoms with Crippen molar-refractivity contribution in [2.24, 2.45) is 0 Å². The number of rotatable bonds is 0. The highest BCUT2D eigenvalue weighted by molar-refractivity contribution is 6.83. The quantitative estimate of drug-likeness (QED) is 0.213. The lowest BCUT2D eigenvalue weighted by Crippen LogP contribution is -2.16. The molecule has 0 spiro atoms. The SMILES string of the molecule is C[Si](C)(C)C#Cc1cccc2c(N)c3ccccc3c(N)c12. The Kier molecular flexibility index (Phi) is 3.35. The third-order valence-corrected chi connectivity index (χ3v) is 4.58. The smallest absolute Gasteiger partial charge is 0.129 e. The topological polar surface area (TPSA) is 52.0 Å². The summed E-state index contributed by atoms with van der Waals surface area (Å²) in [5.41, 5.74) is 18.8. The fraction of sp³-hybridized carbons (Fsp3) is 0.158. The predicted molar refractivity (Wildman–Crippen MR) is 101 cm³/mol. The van der Waals surface area contributed by atoms with Crippen molar-refractivity contribution < 1.29 is 0 Å². The Morgan fingerprint density at radius 3 is 2.00 bits per heavy atom. The van der Waals surface area contributed by atoms with Crippen LogP contribution in [0.2, 0.25) is 19.6 Å². The molecule has 0 aliphatic heterocycles. The third-order valence-electron chi connectivity index (χ3n) is 3.70. The molecule has 0 bridgehead atoms. The summed E-state index contributed by atoms with van der Waals surface area (Å²) in [6, 6.07) is 14.1. The van der Waals surface area contributed by atoms with Gasteiger partial charge < -0.3 is 11.5 Å². The Hall–Kier alpha value is -2.44. The van der Waals surface area contributed by atoms with Crippen molar-refractivity contribution in [1.82, 2.24) is 0 Å². The van der Waals surface area contributed by atoms with Gasteiger partial charge in [-0.3, -0.25) is 0 Å². The monoisotopic (exact) mass is 304 g/mol. The number of nitrogens with two attached hydrogens (primary N) is 2. The molecule has 0 unspecified atom stereocenters. The maximum atomic E-state index is 6.45. The van der Waals surface area contributed by atoms with Crippen LogP contribution in [-0.2, 0) is 0 Å². The highest BCUT2D eigenvalue weighted by atomic mass is 28.3. The zero-order valence-corrected chi connectivity index (χ0v) is 14.2. The Morgan fingerprint density at radius 1 is 0.773 bits per heavy atom. The van der Waals surface area contributed by atoms with E-state index in [1.165, 1.54) is 0 Å². The van der Waals surface area contributed by atoms with Crippen LogP contribution in [-0.4, -0.2) is 8.07 Å². The Labute approximate surface area is 132 Å². The molecule has 0 fully saturated rings. The van der Waals surface area contributed by atoms with Gasteiger partial charge in [-0.05, 0) is 6.07 Å². The van der Waals surface area contributed by atoms with Crippen molar-refractivity contribution in [3.8, 4) is 11.5 Å². The predicted octanol–water partition coefficient (Wildman–Crippen LogP) is 4.39. The molecule has 4 N–H and O–H groups in total. The molecule has 22 heavy (non-hydrogen) atoms. The molecule has 2 nitrogen and oxygen atoms in total. The van der Waals surface area contributed by atoms with E-state index in [1.54, 1.807) is 0 Å². The van der Waals surface area contributed by atoms with E-state index < -0.39 is 8.07 Å². The summed E-state index contributed by atoms with van der Waals surface area (Å²) in [7, 11) is -1.45. The first kappa shape index (κ1) is 14.5. The van der Waals surface area contributed by atoms with Gasteiger partial charge in [0.25, 0.3) is 0 Å². The first-order valence-corrected chi connectivity index (χ1v) is 10.9. The van der Waals surface area contributed by atoms with Crippen LogP contribution in [0.1, 0.15) is 5.56 Å². The number of nitrogen functional groups attached to an aromatic ring is 2. The van der Waals surface area contributed by atoms with Crippen molar-refractivity contribution >= 4 is 41.0 Å². The van der Waals surface area contributed by atoms with Gasteiger partial charge in [0.15, 0.2) is 0 Å². The van der Waals surface area contributed by atoms with E-state index >= 15 is 0 Å². The number of hydrogen-bond donors (Lipinski definition) is 2. The molecule has 3 heteroatoms. The highest BCUT2D eigenvalue weighted by Gasteiger charge is 2.13. The molecule has 0 saturated carbocycles. The molecule has 0 atom stereocenters. The third kappa shape index (κ3) is 2.42. The van der Waals surface area contributed by atoms with E-state index in [4.69, 9.17) is 11.5 Å². The lowest BCUT2D eigenvalue weighted by atomic mass is 9.96. The fourth-order valence-corrected chi connectivity index (χ4v) is 3.17. The molecule has 3 rings (SSSR count). The Bertz CT molecular complexity index is 941. The van der Waals surface area contributed by atoms with Gasteiger partial charge in [0.1, 0.15) is 8.07 Å². The first-order valence-electron chi connectivity index (χ1n) is 7.40. The van der Waals surface area contributed by atoms with E-state index in [0.29, 0.717) is 0 Å². The molecule has 0 heterocycles. The molecular formula is C19H20N2Si. The maximum absolute atomic E-state index is 6.45. The minimum atomic E-state index is -1.45. The van der Waals surface area contributed by atoms with Gasteiger partial charge >= 0.3 is 0 Å². The van der Waals surface area contributed by atoms with Crippen LogP contribution in [0.15, 0.2) is 42.5 Å². The summed E-state index contributed by atoms with van der Waals surface area (Å²) < 4.78 is 0. The minimum Gasteiger partial charge on any atom is -0.398 e. The molecule has 0 aliphatic carbocycles. The van der Waals surface area contributed by atoms with Crippen LogP contribution in [0, 0.1) is 11.5 Å². The van der Waals surface area contributed by atoms with Crippen molar-refractivity contribution in [2.75, 3.05) is 11.5 Å². The van der Waals surface area contributed by atoms with E-state index in [0.717, 1.165) is 38.5 Å².